The Balaban J connectivity index is 1.72. The van der Waals surface area contributed by atoms with Crippen LogP contribution in [0.25, 0.3) is 0 Å². The van der Waals surface area contributed by atoms with Crippen molar-refractivity contribution >= 4 is 0 Å². The summed E-state index contributed by atoms with van der Waals surface area (Å²) in [7, 11) is 0. The molecule has 4 heteroatoms. The van der Waals surface area contributed by atoms with Gasteiger partial charge in [0, 0.05) is 19.6 Å². The molecule has 23 heavy (non-hydrogen) atoms. The van der Waals surface area contributed by atoms with E-state index in [0.29, 0.717) is 13.3 Å². The van der Waals surface area contributed by atoms with Crippen LogP contribution in [-0.4, -0.2) is 29.4 Å². The Bertz CT molecular complexity index is 630. The number of hydrogen-bond acceptors (Lipinski definition) is 4. The van der Waals surface area contributed by atoms with E-state index in [-0.39, 0.29) is 6.10 Å². The molecule has 122 valence electrons. The third-order valence-corrected chi connectivity index (χ3v) is 4.03. The number of aliphatic hydroxyl groups is 1. The molecular formula is C19H23NO3. The summed E-state index contributed by atoms with van der Waals surface area (Å²) in [6.45, 7) is 4.53. The molecule has 0 bridgehead atoms. The van der Waals surface area contributed by atoms with Crippen LogP contribution < -0.4 is 9.47 Å². The fourth-order valence-electron chi connectivity index (χ4n) is 2.75. The van der Waals surface area contributed by atoms with Crippen molar-refractivity contribution in [1.29, 1.82) is 0 Å². The molecule has 1 atom stereocenters. The average molecular weight is 313 g/mol. The SMILES string of the molecule is CC[C@@H](O)CN(Cc1ccccc1)Cc1ccc2c(c1)OCO2. The van der Waals surface area contributed by atoms with Crippen molar-refractivity contribution in [1.82, 2.24) is 4.90 Å². The summed E-state index contributed by atoms with van der Waals surface area (Å²) in [5, 5.41) is 10.1. The number of benzene rings is 2. The third-order valence-electron chi connectivity index (χ3n) is 4.03. The van der Waals surface area contributed by atoms with Crippen molar-refractivity contribution in [2.45, 2.75) is 32.5 Å². The van der Waals surface area contributed by atoms with E-state index in [1.165, 1.54) is 5.56 Å². The maximum Gasteiger partial charge on any atom is 0.231 e. The first-order valence-corrected chi connectivity index (χ1v) is 8.07. The smallest absolute Gasteiger partial charge is 0.231 e. The van der Waals surface area contributed by atoms with Gasteiger partial charge in [-0.25, -0.2) is 0 Å². The molecular weight excluding hydrogens is 290 g/mol. The highest BCUT2D eigenvalue weighted by atomic mass is 16.7. The number of fused-ring (bicyclic) bond motifs is 1. The standard InChI is InChI=1S/C19H23NO3/c1-2-17(21)13-20(11-15-6-4-3-5-7-15)12-16-8-9-18-19(10-16)23-14-22-18/h3-10,17,21H,2,11-14H2,1H3/t17-/m1/s1. The highest BCUT2D eigenvalue weighted by molar-refractivity contribution is 5.44. The van der Waals surface area contributed by atoms with E-state index in [9.17, 15) is 5.11 Å². The summed E-state index contributed by atoms with van der Waals surface area (Å²) < 4.78 is 10.8. The van der Waals surface area contributed by atoms with Crippen molar-refractivity contribution in [3.63, 3.8) is 0 Å². The molecule has 1 aliphatic heterocycles. The van der Waals surface area contributed by atoms with Crippen LogP contribution in [0.3, 0.4) is 0 Å². The summed E-state index contributed by atoms with van der Waals surface area (Å²) in [6.07, 6.45) is 0.444. The van der Waals surface area contributed by atoms with Gasteiger partial charge in [-0.2, -0.15) is 0 Å². The zero-order chi connectivity index (χ0) is 16.1. The second-order valence-corrected chi connectivity index (χ2v) is 5.90. The minimum Gasteiger partial charge on any atom is -0.454 e. The van der Waals surface area contributed by atoms with Crippen LogP contribution in [0.5, 0.6) is 11.5 Å². The Hall–Kier alpha value is -2.04. The second-order valence-electron chi connectivity index (χ2n) is 5.90. The van der Waals surface area contributed by atoms with Gasteiger partial charge in [0.15, 0.2) is 11.5 Å². The molecule has 4 nitrogen and oxygen atoms in total. The van der Waals surface area contributed by atoms with E-state index in [4.69, 9.17) is 9.47 Å². The van der Waals surface area contributed by atoms with Gasteiger partial charge in [0.2, 0.25) is 6.79 Å². The molecule has 0 saturated heterocycles. The van der Waals surface area contributed by atoms with Gasteiger partial charge < -0.3 is 14.6 Å². The molecule has 0 radical (unpaired) electrons. The Kier molecular flexibility index (Phi) is 5.16. The molecule has 0 fully saturated rings. The molecule has 0 aromatic heterocycles. The van der Waals surface area contributed by atoms with Crippen LogP contribution in [0.2, 0.25) is 0 Å². The molecule has 1 N–H and O–H groups in total. The van der Waals surface area contributed by atoms with E-state index in [1.54, 1.807) is 0 Å². The molecule has 0 unspecified atom stereocenters. The summed E-state index contributed by atoms with van der Waals surface area (Å²) in [4.78, 5) is 2.26. The van der Waals surface area contributed by atoms with Crippen LogP contribution in [0, 0.1) is 0 Å². The highest BCUT2D eigenvalue weighted by Crippen LogP contribution is 2.32. The number of ether oxygens (including phenoxy) is 2. The highest BCUT2D eigenvalue weighted by Gasteiger charge is 2.16. The van der Waals surface area contributed by atoms with Gasteiger partial charge in [-0.05, 0) is 29.7 Å². The molecule has 1 heterocycles. The Labute approximate surface area is 137 Å². The van der Waals surface area contributed by atoms with Crippen LogP contribution in [-0.2, 0) is 13.1 Å². The monoisotopic (exact) mass is 313 g/mol. The predicted molar refractivity (Wildman–Crippen MR) is 89.4 cm³/mol. The van der Waals surface area contributed by atoms with Gasteiger partial charge in [0.1, 0.15) is 0 Å². The third kappa shape index (κ3) is 4.24. The van der Waals surface area contributed by atoms with E-state index >= 15 is 0 Å². The van der Waals surface area contributed by atoms with Crippen LogP contribution >= 0.6 is 0 Å². The maximum atomic E-state index is 10.1. The first kappa shape index (κ1) is 15.8. The molecule has 2 aromatic carbocycles. The van der Waals surface area contributed by atoms with Crippen molar-refractivity contribution in [3.8, 4) is 11.5 Å². The fourth-order valence-corrected chi connectivity index (χ4v) is 2.75. The number of rotatable bonds is 7. The lowest BCUT2D eigenvalue weighted by molar-refractivity contribution is 0.101. The summed E-state index contributed by atoms with van der Waals surface area (Å²) >= 11 is 0. The Morgan fingerprint density at radius 3 is 2.52 bits per heavy atom. The quantitative estimate of drug-likeness (QED) is 0.852. The number of aliphatic hydroxyl groups excluding tert-OH is 1. The van der Waals surface area contributed by atoms with Gasteiger partial charge in [-0.1, -0.05) is 43.3 Å². The Morgan fingerprint density at radius 1 is 1.00 bits per heavy atom. The predicted octanol–water partition coefficient (Wildman–Crippen LogP) is 3.19. The van der Waals surface area contributed by atoms with E-state index in [0.717, 1.165) is 36.6 Å². The van der Waals surface area contributed by atoms with Crippen molar-refractivity contribution < 1.29 is 14.6 Å². The normalized spacial score (nSPS) is 14.2. The zero-order valence-electron chi connectivity index (χ0n) is 13.4. The van der Waals surface area contributed by atoms with Crippen molar-refractivity contribution in [3.05, 3.63) is 59.7 Å². The lowest BCUT2D eigenvalue weighted by atomic mass is 10.1. The van der Waals surface area contributed by atoms with Crippen molar-refractivity contribution in [2.75, 3.05) is 13.3 Å². The summed E-state index contributed by atoms with van der Waals surface area (Å²) in [5.41, 5.74) is 2.41. The molecule has 0 aliphatic carbocycles. The average Bonchev–Trinajstić information content (AvgIpc) is 3.03. The van der Waals surface area contributed by atoms with Crippen LogP contribution in [0.4, 0.5) is 0 Å². The van der Waals surface area contributed by atoms with Crippen LogP contribution in [0.1, 0.15) is 24.5 Å². The first-order valence-electron chi connectivity index (χ1n) is 8.07. The molecule has 0 amide bonds. The Morgan fingerprint density at radius 2 is 1.74 bits per heavy atom. The van der Waals surface area contributed by atoms with Gasteiger partial charge in [0.05, 0.1) is 6.10 Å². The lowest BCUT2D eigenvalue weighted by Gasteiger charge is -2.25. The van der Waals surface area contributed by atoms with E-state index < -0.39 is 0 Å². The molecule has 3 rings (SSSR count). The minimum absolute atomic E-state index is 0.293. The molecule has 1 aliphatic rings. The van der Waals surface area contributed by atoms with E-state index in [1.807, 2.05) is 37.3 Å². The summed E-state index contributed by atoms with van der Waals surface area (Å²) in [6, 6.07) is 16.4. The molecule has 0 saturated carbocycles. The van der Waals surface area contributed by atoms with Gasteiger partial charge in [0.25, 0.3) is 0 Å². The number of nitrogens with zero attached hydrogens (tertiary/aromatic N) is 1. The lowest BCUT2D eigenvalue weighted by Crippen LogP contribution is -2.31. The van der Waals surface area contributed by atoms with Gasteiger partial charge in [-0.15, -0.1) is 0 Å². The zero-order valence-corrected chi connectivity index (χ0v) is 13.4. The van der Waals surface area contributed by atoms with E-state index in [2.05, 4.69) is 23.1 Å². The number of hydrogen-bond donors (Lipinski definition) is 1. The molecule has 0 spiro atoms. The van der Waals surface area contributed by atoms with Gasteiger partial charge in [-0.3, -0.25) is 4.90 Å². The van der Waals surface area contributed by atoms with Gasteiger partial charge >= 0.3 is 0 Å². The minimum atomic E-state index is -0.312. The van der Waals surface area contributed by atoms with Crippen LogP contribution in [0.15, 0.2) is 48.5 Å². The second kappa shape index (κ2) is 7.49. The summed E-state index contributed by atoms with van der Waals surface area (Å²) in [5.74, 6) is 1.61. The first-order chi connectivity index (χ1) is 11.2. The maximum absolute atomic E-state index is 10.1. The fraction of sp³-hybridized carbons (Fsp3) is 0.368. The molecule has 2 aromatic rings. The largest absolute Gasteiger partial charge is 0.454 e. The topological polar surface area (TPSA) is 41.9 Å². The van der Waals surface area contributed by atoms with Crippen molar-refractivity contribution in [2.24, 2.45) is 0 Å².